The molecule has 1 atom stereocenters. The van der Waals surface area contributed by atoms with Crippen LogP contribution in [0.2, 0.25) is 0 Å². The SMILES string of the molecule is CCNC(=NCC(c1ccco1)N1CCCC1)NCCn1cccn1.I. The zero-order valence-corrected chi connectivity index (χ0v) is 17.6. The number of hydrogen-bond donors (Lipinski definition) is 2. The summed E-state index contributed by atoms with van der Waals surface area (Å²) in [5.41, 5.74) is 0. The molecule has 2 aromatic rings. The van der Waals surface area contributed by atoms with E-state index in [9.17, 15) is 0 Å². The van der Waals surface area contributed by atoms with E-state index in [1.54, 1.807) is 12.5 Å². The second kappa shape index (κ2) is 11.2. The summed E-state index contributed by atoms with van der Waals surface area (Å²) in [5.74, 6) is 1.84. The number of nitrogens with zero attached hydrogens (tertiary/aromatic N) is 4. The Kier molecular flexibility index (Phi) is 8.96. The molecule has 2 N–H and O–H groups in total. The molecule has 0 bridgehead atoms. The predicted molar refractivity (Wildman–Crippen MR) is 114 cm³/mol. The van der Waals surface area contributed by atoms with Crippen LogP contribution in [0.3, 0.4) is 0 Å². The molecule has 8 heteroatoms. The van der Waals surface area contributed by atoms with Crippen molar-refractivity contribution in [3.05, 3.63) is 42.6 Å². The normalized spacial score (nSPS) is 16.3. The van der Waals surface area contributed by atoms with E-state index >= 15 is 0 Å². The molecule has 3 heterocycles. The van der Waals surface area contributed by atoms with Crippen molar-refractivity contribution in [3.63, 3.8) is 0 Å². The molecule has 7 nitrogen and oxygen atoms in total. The number of rotatable bonds is 8. The molecular weight excluding hydrogens is 443 g/mol. The maximum atomic E-state index is 5.67. The number of guanidine groups is 1. The number of likely N-dealkylation sites (tertiary alicyclic amines) is 1. The van der Waals surface area contributed by atoms with Gasteiger partial charge in [-0.1, -0.05) is 0 Å². The summed E-state index contributed by atoms with van der Waals surface area (Å²) in [4.78, 5) is 7.26. The van der Waals surface area contributed by atoms with Gasteiger partial charge < -0.3 is 15.1 Å². The molecule has 144 valence electrons. The quantitative estimate of drug-likeness (QED) is 0.351. The molecule has 0 aromatic carbocycles. The topological polar surface area (TPSA) is 70.6 Å². The first-order valence-electron chi connectivity index (χ1n) is 9.14. The summed E-state index contributed by atoms with van der Waals surface area (Å²) in [6.45, 7) is 7.42. The van der Waals surface area contributed by atoms with Gasteiger partial charge in [0.1, 0.15) is 5.76 Å². The highest BCUT2D eigenvalue weighted by Crippen LogP contribution is 2.25. The van der Waals surface area contributed by atoms with E-state index in [4.69, 9.17) is 9.41 Å². The van der Waals surface area contributed by atoms with Crippen molar-refractivity contribution in [2.45, 2.75) is 32.4 Å². The number of furan rings is 1. The van der Waals surface area contributed by atoms with Crippen molar-refractivity contribution in [2.75, 3.05) is 32.7 Å². The van der Waals surface area contributed by atoms with E-state index in [0.29, 0.717) is 6.54 Å². The first-order valence-corrected chi connectivity index (χ1v) is 9.14. The Bertz CT molecular complexity index is 622. The summed E-state index contributed by atoms with van der Waals surface area (Å²) in [6, 6.07) is 6.15. The minimum absolute atomic E-state index is 0. The molecule has 1 unspecified atom stereocenters. The van der Waals surface area contributed by atoms with Gasteiger partial charge in [0, 0.05) is 25.5 Å². The van der Waals surface area contributed by atoms with Crippen molar-refractivity contribution in [2.24, 2.45) is 4.99 Å². The maximum absolute atomic E-state index is 5.67. The summed E-state index contributed by atoms with van der Waals surface area (Å²) >= 11 is 0. The van der Waals surface area contributed by atoms with Crippen molar-refractivity contribution in [1.82, 2.24) is 25.3 Å². The lowest BCUT2D eigenvalue weighted by Crippen LogP contribution is -2.39. The minimum atomic E-state index is 0. The van der Waals surface area contributed by atoms with Gasteiger partial charge in [-0.25, -0.2) is 0 Å². The number of hydrogen-bond acceptors (Lipinski definition) is 4. The fraction of sp³-hybridized carbons (Fsp3) is 0.556. The third-order valence-corrected chi connectivity index (χ3v) is 4.41. The fourth-order valence-corrected chi connectivity index (χ4v) is 3.16. The lowest BCUT2D eigenvalue weighted by molar-refractivity contribution is 0.221. The average molecular weight is 472 g/mol. The van der Waals surface area contributed by atoms with Gasteiger partial charge in [0.25, 0.3) is 0 Å². The molecule has 1 fully saturated rings. The van der Waals surface area contributed by atoms with Gasteiger partial charge >= 0.3 is 0 Å². The lowest BCUT2D eigenvalue weighted by atomic mass is 10.2. The lowest BCUT2D eigenvalue weighted by Gasteiger charge is -2.24. The molecule has 0 radical (unpaired) electrons. The van der Waals surface area contributed by atoms with Gasteiger partial charge in [0.15, 0.2) is 5.96 Å². The number of nitrogens with one attached hydrogen (secondary N) is 2. The summed E-state index contributed by atoms with van der Waals surface area (Å²) in [5, 5.41) is 10.9. The molecule has 3 rings (SSSR count). The van der Waals surface area contributed by atoms with Crippen LogP contribution in [0.15, 0.2) is 46.3 Å². The molecule has 1 aliphatic rings. The first kappa shape index (κ1) is 20.8. The highest BCUT2D eigenvalue weighted by atomic mass is 127. The second-order valence-electron chi connectivity index (χ2n) is 6.19. The summed E-state index contributed by atoms with van der Waals surface area (Å²) in [6.07, 6.45) is 8.01. The van der Waals surface area contributed by atoms with Crippen molar-refractivity contribution < 1.29 is 4.42 Å². The molecule has 1 saturated heterocycles. The van der Waals surface area contributed by atoms with Gasteiger partial charge in [-0.15, -0.1) is 24.0 Å². The monoisotopic (exact) mass is 472 g/mol. The van der Waals surface area contributed by atoms with Gasteiger partial charge in [-0.05, 0) is 51.1 Å². The third-order valence-electron chi connectivity index (χ3n) is 4.41. The maximum Gasteiger partial charge on any atom is 0.191 e. The van der Waals surface area contributed by atoms with Crippen LogP contribution in [0, 0.1) is 0 Å². The van der Waals surface area contributed by atoms with Crippen LogP contribution in [0.25, 0.3) is 0 Å². The molecule has 0 saturated carbocycles. The van der Waals surface area contributed by atoms with Crippen LogP contribution in [0.1, 0.15) is 31.6 Å². The molecule has 0 spiro atoms. The molecule has 2 aromatic heterocycles. The van der Waals surface area contributed by atoms with Crippen LogP contribution >= 0.6 is 24.0 Å². The van der Waals surface area contributed by atoms with Gasteiger partial charge in [-0.3, -0.25) is 14.6 Å². The van der Waals surface area contributed by atoms with E-state index in [0.717, 1.165) is 44.4 Å². The predicted octanol–water partition coefficient (Wildman–Crippen LogP) is 2.49. The zero-order chi connectivity index (χ0) is 17.3. The Balaban J connectivity index is 0.00000243. The smallest absolute Gasteiger partial charge is 0.191 e. The van der Waals surface area contributed by atoms with Crippen molar-refractivity contribution in [1.29, 1.82) is 0 Å². The summed E-state index contributed by atoms with van der Waals surface area (Å²) < 4.78 is 7.58. The van der Waals surface area contributed by atoms with E-state index in [2.05, 4.69) is 33.6 Å². The fourth-order valence-electron chi connectivity index (χ4n) is 3.16. The van der Waals surface area contributed by atoms with Crippen LogP contribution in [0.4, 0.5) is 0 Å². The van der Waals surface area contributed by atoms with E-state index < -0.39 is 0 Å². The van der Waals surface area contributed by atoms with Crippen LogP contribution in [0.5, 0.6) is 0 Å². The Morgan fingerprint density at radius 1 is 1.31 bits per heavy atom. The molecular formula is C18H29IN6O. The summed E-state index contributed by atoms with van der Waals surface area (Å²) in [7, 11) is 0. The highest BCUT2D eigenvalue weighted by Gasteiger charge is 2.25. The number of aromatic nitrogens is 2. The minimum Gasteiger partial charge on any atom is -0.468 e. The van der Waals surface area contributed by atoms with Crippen LogP contribution in [-0.2, 0) is 6.54 Å². The number of halogens is 1. The van der Waals surface area contributed by atoms with Crippen LogP contribution < -0.4 is 10.6 Å². The Labute approximate surface area is 172 Å². The van der Waals surface area contributed by atoms with Gasteiger partial charge in [0.2, 0.25) is 0 Å². The Morgan fingerprint density at radius 3 is 2.81 bits per heavy atom. The third kappa shape index (κ3) is 6.01. The second-order valence-corrected chi connectivity index (χ2v) is 6.19. The van der Waals surface area contributed by atoms with E-state index in [1.165, 1.54) is 12.8 Å². The molecule has 0 aliphatic carbocycles. The van der Waals surface area contributed by atoms with Crippen LogP contribution in [-0.4, -0.2) is 53.4 Å². The average Bonchev–Trinajstić information content (AvgIpc) is 3.38. The molecule has 1 aliphatic heterocycles. The molecule has 0 amide bonds. The Hall–Kier alpha value is -1.55. The molecule has 26 heavy (non-hydrogen) atoms. The standard InChI is InChI=1S/C18H28N6O.HI/c1-2-19-18(20-9-13-24-12-6-8-22-24)21-15-16(17-7-5-14-25-17)23-10-3-4-11-23;/h5-8,12,14,16H,2-4,9-11,13,15H2,1H3,(H2,19,20,21);1H. The van der Waals surface area contributed by atoms with Gasteiger partial charge in [0.05, 0.1) is 25.4 Å². The highest BCUT2D eigenvalue weighted by molar-refractivity contribution is 14.0. The van der Waals surface area contributed by atoms with Crippen molar-refractivity contribution in [3.8, 4) is 0 Å². The van der Waals surface area contributed by atoms with Gasteiger partial charge in [-0.2, -0.15) is 5.10 Å². The van der Waals surface area contributed by atoms with Crippen molar-refractivity contribution >= 4 is 29.9 Å². The number of aliphatic imine (C=N–C) groups is 1. The Morgan fingerprint density at radius 2 is 2.15 bits per heavy atom. The first-order chi connectivity index (χ1) is 12.4. The zero-order valence-electron chi connectivity index (χ0n) is 15.3. The largest absolute Gasteiger partial charge is 0.468 e. The van der Waals surface area contributed by atoms with E-state index in [-0.39, 0.29) is 30.0 Å². The van der Waals surface area contributed by atoms with E-state index in [1.807, 2.05) is 23.0 Å².